The number of piperidine rings is 2. The van der Waals surface area contributed by atoms with Crippen LogP contribution in [0, 0.1) is 5.92 Å². The summed E-state index contributed by atoms with van der Waals surface area (Å²) >= 11 is 3.34. The molecule has 0 aromatic carbocycles. The number of nitrogens with one attached hydrogen (secondary N) is 1. The third-order valence-electron chi connectivity index (χ3n) is 4.06. The molecule has 0 saturated carbocycles. The Morgan fingerprint density at radius 2 is 2.25 bits per heavy atom. The van der Waals surface area contributed by atoms with Crippen LogP contribution in [0.15, 0.2) is 22.9 Å². The number of hydrogen-bond donors (Lipinski definition) is 1. The number of fused-ring (bicyclic) bond motifs is 1. The molecular formula is C14H16BrN3O2. The zero-order valence-electron chi connectivity index (χ0n) is 11.0. The number of hydrogen-bond acceptors (Lipinski definition) is 3. The second-order valence-electron chi connectivity index (χ2n) is 5.40. The first-order valence-corrected chi connectivity index (χ1v) is 7.62. The molecule has 2 amide bonds. The first kappa shape index (κ1) is 13.5. The minimum atomic E-state index is 0.0224. The molecule has 2 aliphatic rings. The van der Waals surface area contributed by atoms with Crippen LogP contribution in [0.2, 0.25) is 0 Å². The van der Waals surface area contributed by atoms with Gasteiger partial charge in [-0.2, -0.15) is 0 Å². The normalized spacial score (nSPS) is 25.9. The van der Waals surface area contributed by atoms with Crippen molar-refractivity contribution in [2.24, 2.45) is 5.92 Å². The lowest BCUT2D eigenvalue weighted by Gasteiger charge is -2.41. The van der Waals surface area contributed by atoms with Gasteiger partial charge in [-0.25, -0.2) is 0 Å². The molecule has 3 heterocycles. The number of carbonyl (C=O) groups is 2. The molecule has 2 unspecified atom stereocenters. The summed E-state index contributed by atoms with van der Waals surface area (Å²) in [6.45, 7) is 1.41. The van der Waals surface area contributed by atoms with Gasteiger partial charge in [0.15, 0.2) is 0 Å². The number of likely N-dealkylation sites (tertiary alicyclic amines) is 1. The predicted octanol–water partition coefficient (Wildman–Crippen LogP) is 1.58. The minimum Gasteiger partial charge on any atom is -0.353 e. The van der Waals surface area contributed by atoms with Crippen molar-refractivity contribution in [3.05, 3.63) is 28.5 Å². The predicted molar refractivity (Wildman–Crippen MR) is 77.1 cm³/mol. The van der Waals surface area contributed by atoms with Gasteiger partial charge in [-0.05, 0) is 40.8 Å². The van der Waals surface area contributed by atoms with Gasteiger partial charge in [-0.1, -0.05) is 0 Å². The molecule has 2 fully saturated rings. The highest BCUT2D eigenvalue weighted by molar-refractivity contribution is 9.10. The van der Waals surface area contributed by atoms with Crippen molar-refractivity contribution in [1.29, 1.82) is 0 Å². The summed E-state index contributed by atoms with van der Waals surface area (Å²) in [6.07, 6.45) is 5.55. The summed E-state index contributed by atoms with van der Waals surface area (Å²) in [4.78, 5) is 29.8. The fourth-order valence-corrected chi connectivity index (χ4v) is 3.37. The number of amides is 2. The van der Waals surface area contributed by atoms with Crippen molar-refractivity contribution in [2.45, 2.75) is 25.3 Å². The summed E-state index contributed by atoms with van der Waals surface area (Å²) in [5.41, 5.74) is 0.609. The molecule has 0 aliphatic carbocycles. The van der Waals surface area contributed by atoms with Crippen LogP contribution in [0.5, 0.6) is 0 Å². The van der Waals surface area contributed by atoms with Crippen LogP contribution in [0.3, 0.4) is 0 Å². The largest absolute Gasteiger partial charge is 0.353 e. The Labute approximate surface area is 125 Å². The Morgan fingerprint density at radius 3 is 3.05 bits per heavy atom. The maximum Gasteiger partial charge on any atom is 0.255 e. The monoisotopic (exact) mass is 337 g/mol. The van der Waals surface area contributed by atoms with Gasteiger partial charge >= 0.3 is 0 Å². The summed E-state index contributed by atoms with van der Waals surface area (Å²) in [6, 6.07) is 2.03. The molecule has 0 spiro atoms. The van der Waals surface area contributed by atoms with Crippen LogP contribution in [0.1, 0.15) is 29.6 Å². The average molecular weight is 338 g/mol. The van der Waals surface area contributed by atoms with Crippen molar-refractivity contribution in [3.63, 3.8) is 0 Å². The van der Waals surface area contributed by atoms with Gasteiger partial charge < -0.3 is 10.2 Å². The van der Waals surface area contributed by atoms with E-state index in [1.807, 2.05) is 4.90 Å². The van der Waals surface area contributed by atoms with Crippen LogP contribution >= 0.6 is 15.9 Å². The van der Waals surface area contributed by atoms with E-state index in [9.17, 15) is 9.59 Å². The van der Waals surface area contributed by atoms with Crippen LogP contribution in [0.4, 0.5) is 0 Å². The molecule has 0 radical (unpaired) electrons. The van der Waals surface area contributed by atoms with Crippen LogP contribution in [-0.4, -0.2) is 40.8 Å². The third kappa shape index (κ3) is 2.70. The zero-order chi connectivity index (χ0) is 14.1. The molecule has 6 heteroatoms. The summed E-state index contributed by atoms with van der Waals surface area (Å²) in [5.74, 6) is 0.543. The maximum absolute atomic E-state index is 12.5. The highest BCUT2D eigenvalue weighted by Gasteiger charge is 2.35. The maximum atomic E-state index is 12.5. The molecule has 106 valence electrons. The van der Waals surface area contributed by atoms with Crippen LogP contribution < -0.4 is 5.32 Å². The van der Waals surface area contributed by atoms with E-state index in [0.29, 0.717) is 24.4 Å². The van der Waals surface area contributed by atoms with E-state index in [1.165, 1.54) is 0 Å². The van der Waals surface area contributed by atoms with Crippen molar-refractivity contribution in [2.75, 3.05) is 13.1 Å². The van der Waals surface area contributed by atoms with Gasteiger partial charge in [0.05, 0.1) is 5.56 Å². The molecule has 2 atom stereocenters. The molecule has 2 saturated heterocycles. The molecule has 5 nitrogen and oxygen atoms in total. The lowest BCUT2D eigenvalue weighted by Crippen LogP contribution is -2.55. The van der Waals surface area contributed by atoms with Gasteiger partial charge in [-0.3, -0.25) is 14.6 Å². The Kier molecular flexibility index (Phi) is 3.74. The highest BCUT2D eigenvalue weighted by atomic mass is 79.9. The Morgan fingerprint density at radius 1 is 1.40 bits per heavy atom. The van der Waals surface area contributed by atoms with Crippen molar-refractivity contribution >= 4 is 27.7 Å². The van der Waals surface area contributed by atoms with Gasteiger partial charge in [0.1, 0.15) is 0 Å². The van der Waals surface area contributed by atoms with E-state index in [-0.39, 0.29) is 17.9 Å². The highest BCUT2D eigenvalue weighted by Crippen LogP contribution is 2.26. The SMILES string of the molecule is O=C1CCC2CN(C(=O)c3cncc(Br)c3)CCC2N1. The van der Waals surface area contributed by atoms with E-state index in [2.05, 4.69) is 26.2 Å². The number of halogens is 1. The summed E-state index contributed by atoms with van der Waals surface area (Å²) in [5, 5.41) is 3.03. The van der Waals surface area contributed by atoms with E-state index in [0.717, 1.165) is 23.9 Å². The van der Waals surface area contributed by atoms with E-state index < -0.39 is 0 Å². The number of nitrogens with zero attached hydrogens (tertiary/aromatic N) is 2. The lowest BCUT2D eigenvalue weighted by molar-refractivity contribution is -0.125. The number of rotatable bonds is 1. The minimum absolute atomic E-state index is 0.0224. The Balaban J connectivity index is 1.70. The quantitative estimate of drug-likeness (QED) is 0.846. The van der Waals surface area contributed by atoms with E-state index in [4.69, 9.17) is 0 Å². The number of aromatic nitrogens is 1. The molecular weight excluding hydrogens is 322 g/mol. The van der Waals surface area contributed by atoms with Crippen molar-refractivity contribution in [1.82, 2.24) is 15.2 Å². The van der Waals surface area contributed by atoms with E-state index in [1.54, 1.807) is 18.5 Å². The van der Waals surface area contributed by atoms with Gasteiger partial charge in [-0.15, -0.1) is 0 Å². The second-order valence-corrected chi connectivity index (χ2v) is 6.32. The zero-order valence-corrected chi connectivity index (χ0v) is 12.6. The van der Waals surface area contributed by atoms with E-state index >= 15 is 0 Å². The number of carbonyl (C=O) groups excluding carboxylic acids is 2. The fraction of sp³-hybridized carbons (Fsp3) is 0.500. The van der Waals surface area contributed by atoms with Gasteiger partial charge in [0.25, 0.3) is 5.91 Å². The smallest absolute Gasteiger partial charge is 0.255 e. The Hall–Kier alpha value is -1.43. The molecule has 1 N–H and O–H groups in total. The fourth-order valence-electron chi connectivity index (χ4n) is 3.01. The van der Waals surface area contributed by atoms with Gasteiger partial charge in [0.2, 0.25) is 5.91 Å². The molecule has 20 heavy (non-hydrogen) atoms. The van der Waals surface area contributed by atoms with Gasteiger partial charge in [0, 0.05) is 42.4 Å². The second kappa shape index (κ2) is 5.52. The first-order valence-electron chi connectivity index (χ1n) is 6.82. The summed E-state index contributed by atoms with van der Waals surface area (Å²) in [7, 11) is 0. The molecule has 2 aliphatic heterocycles. The average Bonchev–Trinajstić information content (AvgIpc) is 2.46. The summed E-state index contributed by atoms with van der Waals surface area (Å²) < 4.78 is 0.808. The molecule has 1 aromatic heterocycles. The topological polar surface area (TPSA) is 62.3 Å². The van der Waals surface area contributed by atoms with Crippen LogP contribution in [-0.2, 0) is 4.79 Å². The first-order chi connectivity index (χ1) is 9.63. The standard InChI is InChI=1S/C14H16BrN3O2/c15-11-5-10(6-16-7-11)14(20)18-4-3-12-9(8-18)1-2-13(19)17-12/h5-7,9,12H,1-4,8H2,(H,17,19). The molecule has 0 bridgehead atoms. The van der Waals surface area contributed by atoms with Crippen molar-refractivity contribution in [3.8, 4) is 0 Å². The third-order valence-corrected chi connectivity index (χ3v) is 4.50. The molecule has 3 rings (SSSR count). The molecule has 1 aromatic rings. The number of pyridine rings is 1. The van der Waals surface area contributed by atoms with Crippen molar-refractivity contribution < 1.29 is 9.59 Å². The van der Waals surface area contributed by atoms with Crippen LogP contribution in [0.25, 0.3) is 0 Å². The lowest BCUT2D eigenvalue weighted by atomic mass is 9.85. The Bertz CT molecular complexity index is 549.